The van der Waals surface area contributed by atoms with Crippen LogP contribution in [0.5, 0.6) is 0 Å². The summed E-state index contributed by atoms with van der Waals surface area (Å²) in [5, 5.41) is 4.39. The monoisotopic (exact) mass is 314 g/mol. The third kappa shape index (κ3) is 3.73. The lowest BCUT2D eigenvalue weighted by Crippen LogP contribution is -2.13. The first-order chi connectivity index (χ1) is 9.38. The smallest absolute Gasteiger partial charge is 0.236 e. The molecule has 0 unspecified atom stereocenters. The molecule has 0 spiro atoms. The normalized spacial score (nSPS) is 11.8. The van der Waals surface area contributed by atoms with Crippen molar-refractivity contribution < 1.29 is 8.91 Å². The standard InChI is InChI=1S/C14H16ClFN2OS/c1-14(2,3)13-17-12(19-18-13)8-20-7-9-10(15)5-4-6-11(9)16/h4-6H,7-8H2,1-3H3. The first-order valence-electron chi connectivity index (χ1n) is 6.21. The zero-order valence-corrected chi connectivity index (χ0v) is 13.2. The minimum atomic E-state index is -0.286. The van der Waals surface area contributed by atoms with Crippen LogP contribution in [-0.2, 0) is 16.9 Å². The summed E-state index contributed by atoms with van der Waals surface area (Å²) in [6.07, 6.45) is 0. The van der Waals surface area contributed by atoms with E-state index in [0.717, 1.165) is 0 Å². The van der Waals surface area contributed by atoms with Crippen molar-refractivity contribution in [1.82, 2.24) is 10.1 Å². The number of aromatic nitrogens is 2. The molecule has 3 nitrogen and oxygen atoms in total. The average Bonchev–Trinajstić information content (AvgIpc) is 2.81. The largest absolute Gasteiger partial charge is 0.338 e. The molecule has 20 heavy (non-hydrogen) atoms. The van der Waals surface area contributed by atoms with Crippen LogP contribution < -0.4 is 0 Å². The van der Waals surface area contributed by atoms with Gasteiger partial charge < -0.3 is 4.52 Å². The molecule has 0 aliphatic rings. The van der Waals surface area contributed by atoms with E-state index in [0.29, 0.717) is 33.8 Å². The van der Waals surface area contributed by atoms with Gasteiger partial charge in [0, 0.05) is 21.8 Å². The summed E-state index contributed by atoms with van der Waals surface area (Å²) in [5.74, 6) is 1.95. The van der Waals surface area contributed by atoms with Crippen LogP contribution in [0.3, 0.4) is 0 Å². The molecule has 6 heteroatoms. The molecule has 0 radical (unpaired) electrons. The van der Waals surface area contributed by atoms with E-state index in [-0.39, 0.29) is 11.2 Å². The highest BCUT2D eigenvalue weighted by Crippen LogP contribution is 2.26. The molecule has 1 aromatic heterocycles. The van der Waals surface area contributed by atoms with Gasteiger partial charge in [0.15, 0.2) is 5.82 Å². The molecule has 2 rings (SSSR count). The van der Waals surface area contributed by atoms with Crippen LogP contribution in [0.15, 0.2) is 22.7 Å². The minimum Gasteiger partial charge on any atom is -0.338 e. The van der Waals surface area contributed by atoms with Gasteiger partial charge in [-0.05, 0) is 12.1 Å². The second-order valence-electron chi connectivity index (χ2n) is 5.45. The van der Waals surface area contributed by atoms with Crippen molar-refractivity contribution in [3.05, 3.63) is 46.3 Å². The molecular weight excluding hydrogens is 299 g/mol. The molecule has 0 atom stereocenters. The van der Waals surface area contributed by atoms with Crippen LogP contribution in [0.25, 0.3) is 0 Å². The number of hydrogen-bond acceptors (Lipinski definition) is 4. The van der Waals surface area contributed by atoms with E-state index in [1.54, 1.807) is 12.1 Å². The lowest BCUT2D eigenvalue weighted by Gasteiger charge is -2.10. The number of benzene rings is 1. The molecule has 0 aliphatic heterocycles. The van der Waals surface area contributed by atoms with Gasteiger partial charge in [-0.25, -0.2) is 4.39 Å². The Morgan fingerprint density at radius 1 is 1.30 bits per heavy atom. The maximum atomic E-state index is 13.6. The van der Waals surface area contributed by atoms with Gasteiger partial charge in [0.25, 0.3) is 0 Å². The summed E-state index contributed by atoms with van der Waals surface area (Å²) in [7, 11) is 0. The Hall–Kier alpha value is -1.07. The van der Waals surface area contributed by atoms with E-state index in [4.69, 9.17) is 16.1 Å². The lowest BCUT2D eigenvalue weighted by atomic mass is 9.96. The Morgan fingerprint density at radius 3 is 2.65 bits per heavy atom. The first-order valence-corrected chi connectivity index (χ1v) is 7.75. The summed E-state index contributed by atoms with van der Waals surface area (Å²) >= 11 is 7.46. The number of nitrogens with zero attached hydrogens (tertiary/aromatic N) is 2. The third-order valence-electron chi connectivity index (χ3n) is 2.67. The minimum absolute atomic E-state index is 0.138. The summed E-state index contributed by atoms with van der Waals surface area (Å²) in [6, 6.07) is 4.69. The van der Waals surface area contributed by atoms with Gasteiger partial charge in [0.05, 0.1) is 5.75 Å². The van der Waals surface area contributed by atoms with Crippen LogP contribution >= 0.6 is 23.4 Å². The SMILES string of the molecule is CC(C)(C)c1noc(CSCc2c(F)cccc2Cl)n1. The maximum absolute atomic E-state index is 13.6. The maximum Gasteiger partial charge on any atom is 0.236 e. The molecule has 0 N–H and O–H groups in total. The van der Waals surface area contributed by atoms with Gasteiger partial charge >= 0.3 is 0 Å². The van der Waals surface area contributed by atoms with Crippen molar-refractivity contribution in [3.63, 3.8) is 0 Å². The van der Waals surface area contributed by atoms with Crippen molar-refractivity contribution in [2.45, 2.75) is 37.7 Å². The zero-order valence-electron chi connectivity index (χ0n) is 11.6. The number of halogens is 2. The van der Waals surface area contributed by atoms with Crippen LogP contribution in [0.2, 0.25) is 5.02 Å². The molecule has 108 valence electrons. The van der Waals surface area contributed by atoms with E-state index >= 15 is 0 Å². The van der Waals surface area contributed by atoms with Gasteiger partial charge in [-0.1, -0.05) is 43.6 Å². The van der Waals surface area contributed by atoms with Crippen molar-refractivity contribution >= 4 is 23.4 Å². The predicted molar refractivity (Wildman–Crippen MR) is 79.4 cm³/mol. The number of thioether (sulfide) groups is 1. The number of hydrogen-bond donors (Lipinski definition) is 0. The quantitative estimate of drug-likeness (QED) is 0.827. The fourth-order valence-electron chi connectivity index (χ4n) is 1.53. The summed E-state index contributed by atoms with van der Waals surface area (Å²) in [5.41, 5.74) is 0.371. The average molecular weight is 315 g/mol. The molecule has 2 aromatic rings. The molecule has 0 fully saturated rings. The van der Waals surface area contributed by atoms with Crippen molar-refractivity contribution in [2.75, 3.05) is 0 Å². The molecule has 0 bridgehead atoms. The topological polar surface area (TPSA) is 38.9 Å². The van der Waals surface area contributed by atoms with Crippen LogP contribution in [0.4, 0.5) is 4.39 Å². The Bertz CT molecular complexity index is 575. The molecule has 0 amide bonds. The van der Waals surface area contributed by atoms with Crippen molar-refractivity contribution in [2.24, 2.45) is 0 Å². The van der Waals surface area contributed by atoms with Gasteiger partial charge in [-0.2, -0.15) is 4.98 Å². The highest BCUT2D eigenvalue weighted by atomic mass is 35.5. The molecule has 0 saturated heterocycles. The molecule has 1 heterocycles. The Morgan fingerprint density at radius 2 is 2.05 bits per heavy atom. The van der Waals surface area contributed by atoms with E-state index in [2.05, 4.69) is 10.1 Å². The molecule has 0 saturated carbocycles. The van der Waals surface area contributed by atoms with Crippen LogP contribution in [0, 0.1) is 5.82 Å². The number of rotatable bonds is 4. The highest BCUT2D eigenvalue weighted by molar-refractivity contribution is 7.97. The first kappa shape index (κ1) is 15.3. The third-order valence-corrected chi connectivity index (χ3v) is 3.97. The van der Waals surface area contributed by atoms with Crippen molar-refractivity contribution in [3.8, 4) is 0 Å². The fourth-order valence-corrected chi connectivity index (χ4v) is 2.73. The molecular formula is C14H16ClFN2OS. The summed E-state index contributed by atoms with van der Waals surface area (Å²) in [4.78, 5) is 4.33. The molecule has 0 aliphatic carbocycles. The lowest BCUT2D eigenvalue weighted by molar-refractivity contribution is 0.373. The molecule has 1 aromatic carbocycles. The van der Waals surface area contributed by atoms with E-state index in [1.165, 1.54) is 17.8 Å². The highest BCUT2D eigenvalue weighted by Gasteiger charge is 2.20. The van der Waals surface area contributed by atoms with Crippen LogP contribution in [0.1, 0.15) is 38.0 Å². The van der Waals surface area contributed by atoms with Gasteiger partial charge in [0.1, 0.15) is 5.82 Å². The van der Waals surface area contributed by atoms with E-state index in [1.807, 2.05) is 20.8 Å². The Kier molecular flexibility index (Phi) is 4.70. The van der Waals surface area contributed by atoms with Gasteiger partial charge in [-0.15, -0.1) is 11.8 Å². The van der Waals surface area contributed by atoms with E-state index < -0.39 is 0 Å². The summed E-state index contributed by atoms with van der Waals surface area (Å²) < 4.78 is 18.8. The second kappa shape index (κ2) is 6.14. The second-order valence-corrected chi connectivity index (χ2v) is 6.85. The van der Waals surface area contributed by atoms with E-state index in [9.17, 15) is 4.39 Å². The zero-order chi connectivity index (χ0) is 14.8. The van der Waals surface area contributed by atoms with Gasteiger partial charge in [-0.3, -0.25) is 0 Å². The van der Waals surface area contributed by atoms with Crippen molar-refractivity contribution in [1.29, 1.82) is 0 Å². The Labute approximate surface area is 126 Å². The predicted octanol–water partition coefficient (Wildman–Crippen LogP) is 4.59. The Balaban J connectivity index is 1.95. The van der Waals surface area contributed by atoms with Crippen LogP contribution in [-0.4, -0.2) is 10.1 Å². The summed E-state index contributed by atoms with van der Waals surface area (Å²) in [6.45, 7) is 6.07. The van der Waals surface area contributed by atoms with Gasteiger partial charge in [0.2, 0.25) is 5.89 Å². The fraction of sp³-hybridized carbons (Fsp3) is 0.429.